The van der Waals surface area contributed by atoms with Crippen molar-refractivity contribution in [2.75, 3.05) is 29.9 Å². The summed E-state index contributed by atoms with van der Waals surface area (Å²) < 4.78 is 6.33. The van der Waals surface area contributed by atoms with Crippen molar-refractivity contribution in [2.45, 2.75) is 41.9 Å². The number of ether oxygens (including phenoxy) is 1. The number of hydrogen-bond donors (Lipinski definition) is 1. The molecule has 2 heterocycles. The smallest absolute Gasteiger partial charge is 0.240 e. The molecule has 0 saturated carbocycles. The van der Waals surface area contributed by atoms with Gasteiger partial charge in [-0.2, -0.15) is 5.26 Å². The lowest BCUT2D eigenvalue weighted by atomic mass is 10.2. The van der Waals surface area contributed by atoms with Crippen LogP contribution in [0.3, 0.4) is 0 Å². The highest BCUT2D eigenvalue weighted by Gasteiger charge is 2.24. The molecule has 1 fully saturated rings. The maximum Gasteiger partial charge on any atom is 0.240 e. The molecule has 1 aliphatic heterocycles. The highest BCUT2D eigenvalue weighted by atomic mass is 32.2. The minimum Gasteiger partial charge on any atom is -0.376 e. The van der Waals surface area contributed by atoms with Crippen LogP contribution in [0.5, 0.6) is 0 Å². The van der Waals surface area contributed by atoms with Crippen LogP contribution in [0.2, 0.25) is 0 Å². The van der Waals surface area contributed by atoms with E-state index in [9.17, 15) is 4.79 Å². The summed E-state index contributed by atoms with van der Waals surface area (Å²) in [6.07, 6.45) is 2.69. The third kappa shape index (κ3) is 5.67. The quantitative estimate of drug-likeness (QED) is 0.624. The van der Waals surface area contributed by atoms with Crippen LogP contribution in [0.4, 0.5) is 10.8 Å². The van der Waals surface area contributed by atoms with Gasteiger partial charge in [0, 0.05) is 25.4 Å². The topological polar surface area (TPSA) is 91.1 Å². The molecule has 3 rings (SSSR count). The summed E-state index contributed by atoms with van der Waals surface area (Å²) in [6, 6.07) is 11.5. The number of nitrogens with one attached hydrogen (secondary N) is 1. The van der Waals surface area contributed by atoms with E-state index in [1.165, 1.54) is 23.1 Å². The normalized spacial score (nSPS) is 17.1. The van der Waals surface area contributed by atoms with Crippen LogP contribution in [0.1, 0.15) is 26.2 Å². The summed E-state index contributed by atoms with van der Waals surface area (Å²) in [5, 5.41) is 20.9. The van der Waals surface area contributed by atoms with E-state index >= 15 is 0 Å². The van der Waals surface area contributed by atoms with Crippen molar-refractivity contribution in [2.24, 2.45) is 0 Å². The molecular formula is C19H23N5O2S2. The van der Waals surface area contributed by atoms with Crippen LogP contribution >= 0.6 is 23.1 Å². The summed E-state index contributed by atoms with van der Waals surface area (Å²) in [7, 11) is 0. The molecule has 9 heteroatoms. The van der Waals surface area contributed by atoms with E-state index in [1.54, 1.807) is 4.90 Å². The molecule has 1 aromatic carbocycles. The second-order valence-electron chi connectivity index (χ2n) is 6.38. The fraction of sp³-hybridized carbons (Fsp3) is 0.474. The minimum atomic E-state index is -0.335. The Morgan fingerprint density at radius 3 is 3.00 bits per heavy atom. The van der Waals surface area contributed by atoms with Gasteiger partial charge in [0.15, 0.2) is 4.34 Å². The van der Waals surface area contributed by atoms with Crippen molar-refractivity contribution in [1.29, 1.82) is 5.26 Å². The fourth-order valence-electron chi connectivity index (χ4n) is 2.89. The van der Waals surface area contributed by atoms with E-state index in [1.807, 2.05) is 37.3 Å². The second-order valence-corrected chi connectivity index (χ2v) is 8.95. The van der Waals surface area contributed by atoms with Crippen molar-refractivity contribution in [3.8, 4) is 6.07 Å². The monoisotopic (exact) mass is 417 g/mol. The van der Waals surface area contributed by atoms with Crippen molar-refractivity contribution in [1.82, 2.24) is 10.2 Å². The van der Waals surface area contributed by atoms with Crippen LogP contribution in [-0.2, 0) is 9.53 Å². The maximum absolute atomic E-state index is 13.0. The zero-order chi connectivity index (χ0) is 19.8. The third-order valence-corrected chi connectivity index (χ3v) is 6.37. The molecule has 0 bridgehead atoms. The van der Waals surface area contributed by atoms with Crippen molar-refractivity contribution >= 4 is 39.8 Å². The molecule has 2 unspecified atom stereocenters. The first kappa shape index (κ1) is 20.6. The van der Waals surface area contributed by atoms with Gasteiger partial charge >= 0.3 is 0 Å². The van der Waals surface area contributed by atoms with Gasteiger partial charge in [0.2, 0.25) is 11.0 Å². The highest BCUT2D eigenvalue weighted by Crippen LogP contribution is 2.31. The first-order chi connectivity index (χ1) is 13.7. The Morgan fingerprint density at radius 2 is 2.29 bits per heavy atom. The zero-order valence-electron chi connectivity index (χ0n) is 15.7. The molecule has 2 aromatic rings. The molecule has 7 nitrogen and oxygen atoms in total. The summed E-state index contributed by atoms with van der Waals surface area (Å²) >= 11 is 2.82. The van der Waals surface area contributed by atoms with Crippen molar-refractivity contribution < 1.29 is 9.53 Å². The van der Waals surface area contributed by atoms with Crippen molar-refractivity contribution in [3.05, 3.63) is 30.3 Å². The Bertz CT molecular complexity index is 802. The number of amides is 1. The van der Waals surface area contributed by atoms with Gasteiger partial charge in [-0.25, -0.2) is 0 Å². The molecule has 1 aromatic heterocycles. The molecule has 2 atom stereocenters. The number of carbonyl (C=O) groups is 1. The van der Waals surface area contributed by atoms with Gasteiger partial charge in [-0.3, -0.25) is 4.79 Å². The van der Waals surface area contributed by atoms with E-state index in [0.717, 1.165) is 41.2 Å². The van der Waals surface area contributed by atoms with E-state index < -0.39 is 0 Å². The summed E-state index contributed by atoms with van der Waals surface area (Å²) in [6.45, 7) is 3.78. The molecule has 148 valence electrons. The number of carbonyl (C=O) groups excluding carboxylic acids is 1. The fourth-order valence-corrected chi connectivity index (χ4v) is 4.86. The van der Waals surface area contributed by atoms with E-state index in [4.69, 9.17) is 10.00 Å². The SMILES string of the molecule is CC(Sc1nnc(NCC2CCCO2)s1)C(=O)N(CCC#N)c1ccccc1. The molecule has 1 aliphatic rings. The second kappa shape index (κ2) is 10.4. The Kier molecular flexibility index (Phi) is 7.65. The Hall–Kier alpha value is -2.15. The van der Waals surface area contributed by atoms with Crippen LogP contribution in [-0.4, -0.2) is 47.2 Å². The molecule has 1 amide bonds. The number of benzene rings is 1. The predicted octanol–water partition coefficient (Wildman–Crippen LogP) is 3.56. The molecule has 0 spiro atoms. The predicted molar refractivity (Wildman–Crippen MR) is 112 cm³/mol. The number of anilines is 2. The average Bonchev–Trinajstić information content (AvgIpc) is 3.39. The third-order valence-electron chi connectivity index (χ3n) is 4.32. The molecule has 0 radical (unpaired) electrons. The lowest BCUT2D eigenvalue weighted by Crippen LogP contribution is -2.37. The van der Waals surface area contributed by atoms with Crippen LogP contribution in [0, 0.1) is 11.3 Å². The van der Waals surface area contributed by atoms with E-state index in [-0.39, 0.29) is 23.7 Å². The number of rotatable bonds is 9. The number of aromatic nitrogens is 2. The average molecular weight is 418 g/mol. The first-order valence-electron chi connectivity index (χ1n) is 9.26. The number of thioether (sulfide) groups is 1. The number of nitriles is 1. The Morgan fingerprint density at radius 1 is 1.46 bits per heavy atom. The molecule has 1 N–H and O–H groups in total. The summed E-state index contributed by atoms with van der Waals surface area (Å²) in [5.74, 6) is -0.0458. The Balaban J connectivity index is 1.58. The first-order valence-corrected chi connectivity index (χ1v) is 11.0. The van der Waals surface area contributed by atoms with Crippen LogP contribution in [0.25, 0.3) is 0 Å². The largest absolute Gasteiger partial charge is 0.376 e. The lowest BCUT2D eigenvalue weighted by molar-refractivity contribution is -0.117. The van der Waals surface area contributed by atoms with E-state index in [2.05, 4.69) is 21.6 Å². The van der Waals surface area contributed by atoms with Gasteiger partial charge in [0.05, 0.1) is 23.8 Å². The van der Waals surface area contributed by atoms with Crippen LogP contribution in [0.15, 0.2) is 34.7 Å². The van der Waals surface area contributed by atoms with E-state index in [0.29, 0.717) is 6.54 Å². The van der Waals surface area contributed by atoms with Crippen molar-refractivity contribution in [3.63, 3.8) is 0 Å². The van der Waals surface area contributed by atoms with Gasteiger partial charge in [-0.05, 0) is 31.9 Å². The lowest BCUT2D eigenvalue weighted by Gasteiger charge is -2.24. The number of nitrogens with zero attached hydrogens (tertiary/aromatic N) is 4. The minimum absolute atomic E-state index is 0.0458. The van der Waals surface area contributed by atoms with Gasteiger partial charge in [-0.15, -0.1) is 10.2 Å². The molecular weight excluding hydrogens is 394 g/mol. The molecule has 1 saturated heterocycles. The Labute approximate surface area is 173 Å². The molecule has 0 aliphatic carbocycles. The highest BCUT2D eigenvalue weighted by molar-refractivity contribution is 8.02. The molecule has 28 heavy (non-hydrogen) atoms. The van der Waals surface area contributed by atoms with Gasteiger partial charge in [0.25, 0.3) is 0 Å². The summed E-state index contributed by atoms with van der Waals surface area (Å²) in [4.78, 5) is 14.6. The maximum atomic E-state index is 13.0. The standard InChI is InChI=1S/C19H23N5O2S2/c1-14(17(25)24(11-6-10-20)15-7-3-2-4-8-15)27-19-23-22-18(28-19)21-13-16-9-5-12-26-16/h2-4,7-8,14,16H,5-6,9,11-13H2,1H3,(H,21,22). The number of para-hydroxylation sites is 1. The van der Waals surface area contributed by atoms with Gasteiger partial charge in [-0.1, -0.05) is 41.3 Å². The zero-order valence-corrected chi connectivity index (χ0v) is 17.3. The summed E-state index contributed by atoms with van der Waals surface area (Å²) in [5.41, 5.74) is 0.798. The van der Waals surface area contributed by atoms with Crippen LogP contribution < -0.4 is 10.2 Å². The number of hydrogen-bond acceptors (Lipinski definition) is 8. The van der Waals surface area contributed by atoms with Gasteiger partial charge < -0.3 is 15.0 Å². The van der Waals surface area contributed by atoms with Gasteiger partial charge in [0.1, 0.15) is 0 Å².